The van der Waals surface area contributed by atoms with E-state index in [1.165, 1.54) is 12.4 Å². The minimum absolute atomic E-state index is 0.259. The first-order chi connectivity index (χ1) is 18.4. The number of rotatable bonds is 10. The second kappa shape index (κ2) is 11.2. The van der Waals surface area contributed by atoms with Gasteiger partial charge in [0, 0.05) is 29.8 Å². The number of nitrogens with one attached hydrogen (secondary N) is 3. The van der Waals surface area contributed by atoms with Crippen molar-refractivity contribution in [2.24, 2.45) is 0 Å². The van der Waals surface area contributed by atoms with E-state index in [1.807, 2.05) is 68.7 Å². The molecule has 38 heavy (non-hydrogen) atoms. The number of anilines is 1. The predicted molar refractivity (Wildman–Crippen MR) is 149 cm³/mol. The number of carbonyl (C=O) groups excluding carboxylic acids is 1. The molecule has 3 aromatic heterocycles. The van der Waals surface area contributed by atoms with Crippen LogP contribution in [0.25, 0.3) is 22.2 Å². The molecule has 0 saturated heterocycles. The van der Waals surface area contributed by atoms with Gasteiger partial charge in [0.05, 0.1) is 41.9 Å². The maximum Gasteiger partial charge on any atom is 0.258 e. The van der Waals surface area contributed by atoms with Crippen molar-refractivity contribution in [3.8, 4) is 17.0 Å². The molecule has 0 atom stereocenters. The molecule has 194 valence electrons. The Morgan fingerprint density at radius 2 is 1.95 bits per heavy atom. The summed E-state index contributed by atoms with van der Waals surface area (Å²) in [4.78, 5) is 33.6. The van der Waals surface area contributed by atoms with Crippen molar-refractivity contribution in [3.63, 3.8) is 0 Å². The van der Waals surface area contributed by atoms with Crippen LogP contribution in [0.15, 0.2) is 84.0 Å². The van der Waals surface area contributed by atoms with Gasteiger partial charge in [0.2, 0.25) is 0 Å². The third kappa shape index (κ3) is 6.01. The molecule has 0 aliphatic heterocycles. The highest BCUT2D eigenvalue weighted by Gasteiger charge is 2.13. The van der Waals surface area contributed by atoms with E-state index in [-0.39, 0.29) is 11.5 Å². The Kier molecular flexibility index (Phi) is 7.37. The lowest BCUT2D eigenvalue weighted by Gasteiger charge is -2.10. The first-order valence-corrected chi connectivity index (χ1v) is 12.5. The number of hydrogen-bond acceptors (Lipinski definition) is 5. The number of hydrogen-bond donors (Lipinski definition) is 3. The zero-order valence-electron chi connectivity index (χ0n) is 21.4. The molecule has 5 rings (SSSR count). The van der Waals surface area contributed by atoms with Crippen molar-refractivity contribution in [2.75, 3.05) is 32.6 Å². The minimum atomic E-state index is -0.310. The molecular formula is C29H30N6O3. The van der Waals surface area contributed by atoms with Gasteiger partial charge in [0.25, 0.3) is 11.5 Å². The van der Waals surface area contributed by atoms with Gasteiger partial charge in [-0.1, -0.05) is 30.3 Å². The lowest BCUT2D eigenvalue weighted by Crippen LogP contribution is -2.15. The van der Waals surface area contributed by atoms with E-state index in [1.54, 1.807) is 16.9 Å². The first kappa shape index (κ1) is 25.0. The summed E-state index contributed by atoms with van der Waals surface area (Å²) in [6.45, 7) is 2.16. The molecule has 0 spiro atoms. The first-order valence-electron chi connectivity index (χ1n) is 12.5. The molecule has 0 bridgehead atoms. The van der Waals surface area contributed by atoms with Crippen molar-refractivity contribution in [2.45, 2.75) is 13.0 Å². The molecule has 0 fully saturated rings. The van der Waals surface area contributed by atoms with E-state index in [0.29, 0.717) is 35.7 Å². The van der Waals surface area contributed by atoms with E-state index >= 15 is 0 Å². The number of carbonyl (C=O) groups is 1. The molecule has 0 saturated carbocycles. The minimum Gasteiger partial charge on any atom is -0.494 e. The van der Waals surface area contributed by atoms with Crippen molar-refractivity contribution in [1.29, 1.82) is 0 Å². The Morgan fingerprint density at radius 1 is 1.11 bits per heavy atom. The second-order valence-electron chi connectivity index (χ2n) is 9.43. The van der Waals surface area contributed by atoms with Crippen LogP contribution in [0.2, 0.25) is 0 Å². The number of aromatic amines is 2. The number of aromatic nitrogens is 4. The fraction of sp³-hybridized carbons (Fsp3) is 0.207. The summed E-state index contributed by atoms with van der Waals surface area (Å²) in [5, 5.41) is 8.08. The van der Waals surface area contributed by atoms with Crippen LogP contribution in [-0.2, 0) is 6.54 Å². The summed E-state index contributed by atoms with van der Waals surface area (Å²) in [5.74, 6) is 0.472. The van der Waals surface area contributed by atoms with Gasteiger partial charge in [0.15, 0.2) is 0 Å². The molecular weight excluding hydrogens is 480 g/mol. The normalized spacial score (nSPS) is 11.2. The van der Waals surface area contributed by atoms with Crippen molar-refractivity contribution < 1.29 is 9.53 Å². The molecule has 2 aromatic carbocycles. The molecule has 3 N–H and O–H groups in total. The average molecular weight is 511 g/mol. The van der Waals surface area contributed by atoms with Crippen LogP contribution in [0.1, 0.15) is 22.3 Å². The molecule has 0 radical (unpaired) electrons. The molecule has 0 aliphatic rings. The number of benzene rings is 2. The summed E-state index contributed by atoms with van der Waals surface area (Å²) in [6, 6.07) is 19.3. The van der Waals surface area contributed by atoms with E-state index in [9.17, 15) is 9.59 Å². The largest absolute Gasteiger partial charge is 0.494 e. The summed E-state index contributed by atoms with van der Waals surface area (Å²) in [7, 11) is 4.08. The molecule has 5 aromatic rings. The topological polar surface area (TPSA) is 108 Å². The van der Waals surface area contributed by atoms with Crippen LogP contribution in [0.4, 0.5) is 5.69 Å². The highest BCUT2D eigenvalue weighted by atomic mass is 16.5. The molecule has 3 heterocycles. The highest BCUT2D eigenvalue weighted by molar-refractivity contribution is 6.04. The van der Waals surface area contributed by atoms with Gasteiger partial charge < -0.3 is 24.9 Å². The monoisotopic (exact) mass is 510 g/mol. The van der Waals surface area contributed by atoms with Crippen LogP contribution in [0.5, 0.6) is 5.75 Å². The van der Waals surface area contributed by atoms with Crippen LogP contribution in [0, 0.1) is 0 Å². The second-order valence-corrected chi connectivity index (χ2v) is 9.43. The Balaban J connectivity index is 1.29. The van der Waals surface area contributed by atoms with E-state index < -0.39 is 0 Å². The number of H-pyrrole nitrogens is 2. The average Bonchev–Trinajstić information content (AvgIpc) is 3.55. The summed E-state index contributed by atoms with van der Waals surface area (Å²) in [6.07, 6.45) is 5.65. The van der Waals surface area contributed by atoms with Crippen molar-refractivity contribution >= 4 is 22.5 Å². The van der Waals surface area contributed by atoms with Gasteiger partial charge in [-0.15, -0.1) is 0 Å². The summed E-state index contributed by atoms with van der Waals surface area (Å²) >= 11 is 0. The van der Waals surface area contributed by atoms with Gasteiger partial charge in [-0.05, 0) is 56.4 Å². The fourth-order valence-corrected chi connectivity index (χ4v) is 4.21. The summed E-state index contributed by atoms with van der Waals surface area (Å²) < 4.78 is 7.60. The SMILES string of the molecule is CN(C)CCCOc1ccc2[nH]c(-c3cc(NC(=O)c4cnn(Cc5ccccc5)c4)c[nH]c3=O)cc2c1. The number of pyridine rings is 1. The van der Waals surface area contributed by atoms with E-state index in [2.05, 4.69) is 25.3 Å². The lowest BCUT2D eigenvalue weighted by atomic mass is 10.1. The van der Waals surface area contributed by atoms with Crippen molar-refractivity contribution in [3.05, 3.63) is 101 Å². The molecule has 0 aliphatic carbocycles. The zero-order chi connectivity index (χ0) is 26.5. The maximum atomic E-state index is 12.9. The van der Waals surface area contributed by atoms with Crippen LogP contribution in [0.3, 0.4) is 0 Å². The number of amides is 1. The van der Waals surface area contributed by atoms with E-state index in [0.717, 1.165) is 35.2 Å². The van der Waals surface area contributed by atoms with Crippen LogP contribution < -0.4 is 15.6 Å². The highest BCUT2D eigenvalue weighted by Crippen LogP contribution is 2.27. The fourth-order valence-electron chi connectivity index (χ4n) is 4.21. The predicted octanol–water partition coefficient (Wildman–Crippen LogP) is 4.35. The van der Waals surface area contributed by atoms with E-state index in [4.69, 9.17) is 4.74 Å². The number of ether oxygens (including phenoxy) is 1. The number of nitrogens with zero attached hydrogens (tertiary/aromatic N) is 3. The molecule has 1 amide bonds. The van der Waals surface area contributed by atoms with Gasteiger partial charge in [-0.2, -0.15) is 5.10 Å². The Morgan fingerprint density at radius 3 is 2.76 bits per heavy atom. The quantitative estimate of drug-likeness (QED) is 0.242. The summed E-state index contributed by atoms with van der Waals surface area (Å²) in [5.41, 5.74) is 3.70. The maximum absolute atomic E-state index is 12.9. The van der Waals surface area contributed by atoms with Crippen LogP contribution in [-0.4, -0.2) is 57.8 Å². The van der Waals surface area contributed by atoms with Gasteiger partial charge >= 0.3 is 0 Å². The van der Waals surface area contributed by atoms with Gasteiger partial charge in [-0.25, -0.2) is 0 Å². The smallest absolute Gasteiger partial charge is 0.258 e. The van der Waals surface area contributed by atoms with Crippen LogP contribution >= 0.6 is 0 Å². The zero-order valence-corrected chi connectivity index (χ0v) is 21.4. The lowest BCUT2D eigenvalue weighted by molar-refractivity contribution is 0.102. The van der Waals surface area contributed by atoms with Crippen molar-refractivity contribution in [1.82, 2.24) is 24.6 Å². The van der Waals surface area contributed by atoms with Gasteiger partial charge in [-0.3, -0.25) is 14.3 Å². The Hall–Kier alpha value is -4.63. The molecule has 0 unspecified atom stereocenters. The number of fused-ring (bicyclic) bond motifs is 1. The Labute approximate surface area is 220 Å². The third-order valence-electron chi connectivity index (χ3n) is 6.14. The standard InChI is InChI=1S/C29H30N6O3/c1-34(2)11-6-12-38-24-9-10-26-21(13-24)14-27(33-26)25-15-23(17-30-29(25)37)32-28(36)22-16-31-35(19-22)18-20-7-4-3-5-8-20/h3-5,7-10,13-17,19,33H,6,11-12,18H2,1-2H3,(H,30,37)(H,32,36). The Bertz CT molecular complexity index is 1600. The molecule has 9 nitrogen and oxygen atoms in total. The third-order valence-corrected chi connectivity index (χ3v) is 6.14. The molecule has 9 heteroatoms. The van der Waals surface area contributed by atoms with Gasteiger partial charge in [0.1, 0.15) is 5.75 Å².